The van der Waals surface area contributed by atoms with E-state index in [1.54, 1.807) is 24.0 Å². The number of alkyl halides is 1. The summed E-state index contributed by atoms with van der Waals surface area (Å²) in [6.45, 7) is 13.0. The van der Waals surface area contributed by atoms with Crippen molar-refractivity contribution in [1.29, 1.82) is 0 Å². The predicted molar refractivity (Wildman–Crippen MR) is 210 cm³/mol. The lowest BCUT2D eigenvalue weighted by molar-refractivity contribution is -0.162. The van der Waals surface area contributed by atoms with Crippen molar-refractivity contribution in [2.24, 2.45) is 11.8 Å². The van der Waals surface area contributed by atoms with Gasteiger partial charge in [-0.1, -0.05) is 88.7 Å². The fourth-order valence-electron chi connectivity index (χ4n) is 8.79. The van der Waals surface area contributed by atoms with Crippen molar-refractivity contribution in [2.75, 3.05) is 52.5 Å². The molecule has 9 atom stereocenters. The van der Waals surface area contributed by atoms with E-state index >= 15 is 9.59 Å². The minimum absolute atomic E-state index is 0.207. The third kappa shape index (κ3) is 8.61. The number of nitrogens with one attached hydrogen (secondary N) is 1. The molecule has 0 saturated carbocycles. The van der Waals surface area contributed by atoms with Gasteiger partial charge in [-0.25, -0.2) is 0 Å². The third-order valence-electron chi connectivity index (χ3n) is 11.4. The molecular weight excluding hydrogens is 768 g/mol. The van der Waals surface area contributed by atoms with Crippen LogP contribution in [0.4, 0.5) is 0 Å². The highest BCUT2D eigenvalue weighted by Crippen LogP contribution is 2.61. The van der Waals surface area contributed by atoms with Gasteiger partial charge in [0.05, 0.1) is 49.8 Å². The Morgan fingerprint density at radius 3 is 2.44 bits per heavy atom. The van der Waals surface area contributed by atoms with Crippen molar-refractivity contribution >= 4 is 39.6 Å². The van der Waals surface area contributed by atoms with Crippen molar-refractivity contribution in [3.8, 4) is 0 Å². The van der Waals surface area contributed by atoms with Gasteiger partial charge < -0.3 is 34.4 Å². The fraction of sp³-hybridized carbons (Fsp3) is 0.524. The van der Waals surface area contributed by atoms with Crippen LogP contribution in [0.1, 0.15) is 43.4 Å². The van der Waals surface area contributed by atoms with E-state index in [1.807, 2.05) is 60.7 Å². The summed E-state index contributed by atoms with van der Waals surface area (Å²) in [5, 5.41) is 13.9. The van der Waals surface area contributed by atoms with Crippen LogP contribution < -0.4 is 5.32 Å². The van der Waals surface area contributed by atoms with Crippen molar-refractivity contribution in [2.45, 2.75) is 73.4 Å². The molecular formula is C42H53BrN4O8. The molecule has 4 heterocycles. The number of morpholine rings is 1. The number of esters is 1. The van der Waals surface area contributed by atoms with Crippen LogP contribution in [0.5, 0.6) is 0 Å². The fourth-order valence-corrected chi connectivity index (χ4v) is 9.74. The monoisotopic (exact) mass is 820 g/mol. The topological polar surface area (TPSA) is 138 Å². The SMILES string of the molecule is C=CCCC(=O)N[C@H](C)[C@@H](OC(=O)[C@H]1[C@@H]2O[C@@]3(CC2Br)[C@@H]1C(=O)N([C@@H](CO)Cc1ccccc1)[C@@H]3C(=O)N(CC=C)CCN1CCOCC1)c1ccccc1. The second-order valence-corrected chi connectivity index (χ2v) is 16.1. The Morgan fingerprint density at radius 1 is 1.09 bits per heavy atom. The van der Waals surface area contributed by atoms with Crippen LogP contribution >= 0.6 is 15.9 Å². The molecule has 0 aromatic heterocycles. The number of rotatable bonds is 18. The third-order valence-corrected chi connectivity index (χ3v) is 12.2. The van der Waals surface area contributed by atoms with Crippen LogP contribution in [-0.2, 0) is 39.8 Å². The maximum absolute atomic E-state index is 15.1. The summed E-state index contributed by atoms with van der Waals surface area (Å²) in [6.07, 6.45) is 3.04. The maximum atomic E-state index is 15.1. The number of allylic oxidation sites excluding steroid dienone is 1. The average molecular weight is 822 g/mol. The molecule has 0 radical (unpaired) electrons. The number of hydrogen-bond acceptors (Lipinski definition) is 9. The molecule has 3 amide bonds. The lowest BCUT2D eigenvalue weighted by atomic mass is 9.70. The summed E-state index contributed by atoms with van der Waals surface area (Å²) < 4.78 is 18.7. The van der Waals surface area contributed by atoms with Crippen molar-refractivity contribution in [3.63, 3.8) is 0 Å². The summed E-state index contributed by atoms with van der Waals surface area (Å²) in [7, 11) is 0. The molecule has 4 aliphatic rings. The summed E-state index contributed by atoms with van der Waals surface area (Å²) in [4.78, 5) is 62.6. The highest BCUT2D eigenvalue weighted by Gasteiger charge is 2.77. The number of carbonyl (C=O) groups is 4. The van der Waals surface area contributed by atoms with E-state index in [1.165, 1.54) is 4.90 Å². The van der Waals surface area contributed by atoms with E-state index in [2.05, 4.69) is 39.3 Å². The average Bonchev–Trinajstić information content (AvgIpc) is 3.80. The predicted octanol–water partition coefficient (Wildman–Crippen LogP) is 3.44. The zero-order valence-electron chi connectivity index (χ0n) is 31.5. The van der Waals surface area contributed by atoms with Gasteiger partial charge in [-0.05, 0) is 37.3 Å². The molecule has 1 unspecified atom stereocenters. The number of likely N-dealkylation sites (tertiary alicyclic amines) is 1. The highest BCUT2D eigenvalue weighted by molar-refractivity contribution is 9.09. The lowest BCUT2D eigenvalue weighted by Crippen LogP contribution is -2.60. The second kappa shape index (κ2) is 18.4. The Labute approximate surface area is 332 Å². The molecule has 0 aliphatic carbocycles. The Balaban J connectivity index is 1.35. The first-order valence-corrected chi connectivity index (χ1v) is 20.2. The molecule has 4 aliphatic heterocycles. The first-order valence-electron chi connectivity index (χ1n) is 19.3. The molecule has 6 rings (SSSR count). The Hall–Kier alpha value is -3.88. The van der Waals surface area contributed by atoms with Crippen molar-refractivity contribution in [3.05, 3.63) is 97.1 Å². The number of aliphatic hydroxyl groups is 1. The molecule has 12 nitrogen and oxygen atoms in total. The van der Waals surface area contributed by atoms with E-state index in [0.29, 0.717) is 51.1 Å². The number of aliphatic hydroxyl groups excluding tert-OH is 1. The molecule has 2 aromatic rings. The molecule has 2 bridgehead atoms. The Morgan fingerprint density at radius 2 is 1.78 bits per heavy atom. The number of fused-ring (bicyclic) bond motifs is 1. The molecule has 13 heteroatoms. The van der Waals surface area contributed by atoms with Gasteiger partial charge in [0.1, 0.15) is 17.7 Å². The Bertz CT molecular complexity index is 1680. The highest BCUT2D eigenvalue weighted by atomic mass is 79.9. The lowest BCUT2D eigenvalue weighted by Gasteiger charge is -2.40. The number of hydrogen-bond donors (Lipinski definition) is 2. The number of nitrogens with zero attached hydrogens (tertiary/aromatic N) is 3. The minimum atomic E-state index is -1.37. The molecule has 55 heavy (non-hydrogen) atoms. The standard InChI is InChI=1S/C42H53BrN4O8/c1-4-6-17-33(49)44-28(3)36(30-15-11-8-12-16-30)54-41(52)34-35-39(50)47(31(27-48)25-29-13-9-7-10-14-29)38(42(35)26-32(43)37(34)55-42)40(51)46(18-5-2)20-19-45-21-23-53-24-22-45/h4-5,7-16,28,31-32,34-38,48H,1-2,6,17-27H2,3H3,(H,44,49)/t28-,31-,32?,34-,35+,36-,37-,38-,42+/m1/s1. The van der Waals surface area contributed by atoms with Crippen LogP contribution in [0.25, 0.3) is 0 Å². The van der Waals surface area contributed by atoms with Crippen LogP contribution in [0, 0.1) is 11.8 Å². The van der Waals surface area contributed by atoms with E-state index in [9.17, 15) is 14.7 Å². The summed E-state index contributed by atoms with van der Waals surface area (Å²) >= 11 is 3.77. The largest absolute Gasteiger partial charge is 0.455 e. The zero-order chi connectivity index (χ0) is 39.1. The van der Waals surface area contributed by atoms with E-state index in [0.717, 1.165) is 18.7 Å². The summed E-state index contributed by atoms with van der Waals surface area (Å²) in [5.74, 6) is -3.70. The quantitative estimate of drug-likeness (QED) is 0.132. The molecule has 1 spiro atoms. The summed E-state index contributed by atoms with van der Waals surface area (Å²) in [5.41, 5.74) is 0.198. The van der Waals surface area contributed by atoms with E-state index in [4.69, 9.17) is 14.2 Å². The molecule has 2 aromatic carbocycles. The Kier molecular flexibility index (Phi) is 13.6. The smallest absolute Gasteiger partial charge is 0.313 e. The van der Waals surface area contributed by atoms with Crippen LogP contribution in [0.2, 0.25) is 0 Å². The maximum Gasteiger partial charge on any atom is 0.313 e. The molecule has 2 N–H and O–H groups in total. The number of benzene rings is 2. The van der Waals surface area contributed by atoms with Crippen LogP contribution in [-0.4, -0.2) is 131 Å². The van der Waals surface area contributed by atoms with Gasteiger partial charge in [-0.2, -0.15) is 0 Å². The van der Waals surface area contributed by atoms with Gasteiger partial charge in [-0.3, -0.25) is 24.1 Å². The summed E-state index contributed by atoms with van der Waals surface area (Å²) in [6, 6.07) is 16.2. The number of halogens is 1. The van der Waals surface area contributed by atoms with Gasteiger partial charge in [0.2, 0.25) is 17.7 Å². The van der Waals surface area contributed by atoms with Crippen molar-refractivity contribution in [1.82, 2.24) is 20.0 Å². The normalized spacial score (nSPS) is 27.5. The van der Waals surface area contributed by atoms with Gasteiger partial charge in [-0.15, -0.1) is 13.2 Å². The second-order valence-electron chi connectivity index (χ2n) is 14.9. The number of carbonyl (C=O) groups excluding carboxylic acids is 4. The van der Waals surface area contributed by atoms with Gasteiger partial charge in [0.15, 0.2) is 0 Å². The number of amides is 3. The zero-order valence-corrected chi connectivity index (χ0v) is 33.1. The van der Waals surface area contributed by atoms with Gasteiger partial charge in [0, 0.05) is 44.0 Å². The first-order chi connectivity index (χ1) is 26.6. The van der Waals surface area contributed by atoms with Crippen molar-refractivity contribution < 1.29 is 38.5 Å². The van der Waals surface area contributed by atoms with Gasteiger partial charge in [0.25, 0.3) is 0 Å². The van der Waals surface area contributed by atoms with Crippen LogP contribution in [0.15, 0.2) is 86.0 Å². The molecule has 4 saturated heterocycles. The minimum Gasteiger partial charge on any atom is -0.455 e. The van der Waals surface area contributed by atoms with E-state index in [-0.39, 0.29) is 29.6 Å². The van der Waals surface area contributed by atoms with Crippen LogP contribution in [0.3, 0.4) is 0 Å². The molecule has 296 valence electrons. The molecule has 4 fully saturated rings. The van der Waals surface area contributed by atoms with Gasteiger partial charge >= 0.3 is 5.97 Å². The van der Waals surface area contributed by atoms with E-state index < -0.39 is 66.3 Å². The number of ether oxygens (including phenoxy) is 3. The first kappa shape index (κ1) is 40.8.